The summed E-state index contributed by atoms with van der Waals surface area (Å²) >= 11 is 0. The van der Waals surface area contributed by atoms with Crippen molar-refractivity contribution in [2.24, 2.45) is 0 Å². The van der Waals surface area contributed by atoms with Gasteiger partial charge in [-0.1, -0.05) is 6.42 Å². The molecule has 0 amide bonds. The molecule has 1 aromatic heterocycles. The highest BCUT2D eigenvalue weighted by atomic mass is 32.2. The first-order valence-corrected chi connectivity index (χ1v) is 11.1. The maximum absolute atomic E-state index is 12.4. The largest absolute Gasteiger partial charge is 0.329 e. The molecule has 0 radical (unpaired) electrons. The Morgan fingerprint density at radius 1 is 1.12 bits per heavy atom. The lowest BCUT2D eigenvalue weighted by molar-refractivity contribution is -0.915. The first kappa shape index (κ1) is 19.3. The second-order valence-electron chi connectivity index (χ2n) is 7.40. The van der Waals surface area contributed by atoms with Crippen LogP contribution in [0.2, 0.25) is 0 Å². The van der Waals surface area contributed by atoms with Crippen LogP contribution in [0.25, 0.3) is 11.0 Å². The first-order chi connectivity index (χ1) is 12.4. The minimum absolute atomic E-state index is 0.306. The number of imidazole rings is 1. The predicted octanol–water partition coefficient (Wildman–Crippen LogP) is 1.66. The lowest BCUT2D eigenvalue weighted by atomic mass is 10.1. The van der Waals surface area contributed by atoms with Crippen LogP contribution < -0.4 is 4.90 Å². The van der Waals surface area contributed by atoms with Crippen molar-refractivity contribution in [2.45, 2.75) is 57.0 Å². The number of rotatable bonds is 5. The number of hydrogen-bond acceptors (Lipinski definition) is 3. The first-order valence-electron chi connectivity index (χ1n) is 9.68. The Morgan fingerprint density at radius 2 is 1.77 bits per heavy atom. The van der Waals surface area contributed by atoms with Crippen molar-refractivity contribution in [3.8, 4) is 0 Å². The fourth-order valence-corrected chi connectivity index (χ4v) is 4.75. The molecule has 7 heteroatoms. The van der Waals surface area contributed by atoms with Crippen molar-refractivity contribution in [1.82, 2.24) is 13.9 Å². The van der Waals surface area contributed by atoms with Gasteiger partial charge in [-0.05, 0) is 50.8 Å². The zero-order valence-electron chi connectivity index (χ0n) is 16.2. The van der Waals surface area contributed by atoms with Gasteiger partial charge < -0.3 is 9.47 Å². The Balaban J connectivity index is 1.93. The molecular weight excluding hydrogens is 348 g/mol. The highest BCUT2D eigenvalue weighted by Crippen LogP contribution is 2.22. The van der Waals surface area contributed by atoms with E-state index < -0.39 is 10.0 Å². The number of hydrogen-bond donors (Lipinski definition) is 1. The normalized spacial score (nSPS) is 17.5. The fourth-order valence-electron chi connectivity index (χ4n) is 3.82. The summed E-state index contributed by atoms with van der Waals surface area (Å²) < 4.78 is 28.3. The van der Waals surface area contributed by atoms with Gasteiger partial charge in [0.1, 0.15) is 6.54 Å². The molecule has 0 aliphatic carbocycles. The van der Waals surface area contributed by atoms with Gasteiger partial charge in [-0.2, -0.15) is 0 Å². The van der Waals surface area contributed by atoms with Crippen LogP contribution in [0.5, 0.6) is 0 Å². The molecule has 26 heavy (non-hydrogen) atoms. The molecule has 0 spiro atoms. The van der Waals surface area contributed by atoms with Crippen LogP contribution in [0.15, 0.2) is 23.1 Å². The van der Waals surface area contributed by atoms with Gasteiger partial charge in [0.25, 0.3) is 0 Å². The van der Waals surface area contributed by atoms with Gasteiger partial charge in [-0.3, -0.25) is 0 Å². The van der Waals surface area contributed by atoms with Gasteiger partial charge in [0.05, 0.1) is 29.0 Å². The SMILES string of the molecule is CCn1c(C[NH+]2CCCCCCC2)nc2cc(S(=O)(=O)N(C)C)ccc21. The average Bonchev–Trinajstić information content (AvgIpc) is 2.93. The molecule has 0 atom stereocenters. The van der Waals surface area contributed by atoms with Gasteiger partial charge in [0.15, 0.2) is 5.82 Å². The average molecular weight is 380 g/mol. The van der Waals surface area contributed by atoms with Crippen molar-refractivity contribution in [1.29, 1.82) is 0 Å². The molecule has 0 saturated carbocycles. The summed E-state index contributed by atoms with van der Waals surface area (Å²) in [7, 11) is -0.323. The van der Waals surface area contributed by atoms with Crippen LogP contribution in [0.4, 0.5) is 0 Å². The Morgan fingerprint density at radius 3 is 2.38 bits per heavy atom. The third kappa shape index (κ3) is 3.94. The lowest BCUT2D eigenvalue weighted by Gasteiger charge is -2.21. The van der Waals surface area contributed by atoms with Crippen LogP contribution in [0, 0.1) is 0 Å². The summed E-state index contributed by atoms with van der Waals surface area (Å²) in [6, 6.07) is 5.30. The van der Waals surface area contributed by atoms with Crippen molar-refractivity contribution in [3.63, 3.8) is 0 Å². The minimum atomic E-state index is -3.44. The Bertz CT molecular complexity index is 850. The van der Waals surface area contributed by atoms with E-state index in [2.05, 4.69) is 11.5 Å². The highest BCUT2D eigenvalue weighted by molar-refractivity contribution is 7.89. The lowest BCUT2D eigenvalue weighted by Crippen LogP contribution is -3.11. The molecule has 144 valence electrons. The van der Waals surface area contributed by atoms with Gasteiger partial charge in [0, 0.05) is 20.6 Å². The third-order valence-electron chi connectivity index (χ3n) is 5.36. The summed E-state index contributed by atoms with van der Waals surface area (Å²) in [4.78, 5) is 6.72. The van der Waals surface area contributed by atoms with Crippen LogP contribution in [-0.4, -0.2) is 49.5 Å². The molecule has 3 rings (SSSR count). The number of aryl methyl sites for hydroxylation is 1. The van der Waals surface area contributed by atoms with Crippen LogP contribution >= 0.6 is 0 Å². The van der Waals surface area contributed by atoms with E-state index in [0.29, 0.717) is 4.90 Å². The zero-order valence-corrected chi connectivity index (χ0v) is 17.0. The van der Waals surface area contributed by atoms with Gasteiger partial charge in [-0.25, -0.2) is 17.7 Å². The summed E-state index contributed by atoms with van der Waals surface area (Å²) in [6.45, 7) is 6.29. The molecule has 1 aliphatic rings. The molecule has 0 unspecified atom stereocenters. The van der Waals surface area contributed by atoms with Crippen LogP contribution in [0.3, 0.4) is 0 Å². The maximum atomic E-state index is 12.4. The summed E-state index contributed by atoms with van der Waals surface area (Å²) in [5, 5.41) is 0. The Kier molecular flexibility index (Phi) is 5.99. The number of likely N-dealkylation sites (tertiary alicyclic amines) is 1. The van der Waals surface area contributed by atoms with E-state index >= 15 is 0 Å². The molecule has 2 heterocycles. The number of quaternary nitrogens is 1. The van der Waals surface area contributed by atoms with E-state index in [0.717, 1.165) is 29.9 Å². The minimum Gasteiger partial charge on any atom is -0.329 e. The van der Waals surface area contributed by atoms with E-state index in [-0.39, 0.29) is 0 Å². The number of nitrogens with one attached hydrogen (secondary N) is 1. The third-order valence-corrected chi connectivity index (χ3v) is 7.17. The number of sulfonamides is 1. The number of nitrogens with zero attached hydrogens (tertiary/aromatic N) is 3. The van der Waals surface area contributed by atoms with Crippen molar-refractivity contribution >= 4 is 21.1 Å². The Hall–Kier alpha value is -1.44. The summed E-state index contributed by atoms with van der Waals surface area (Å²) in [5.41, 5.74) is 1.79. The quantitative estimate of drug-likeness (QED) is 0.859. The fraction of sp³-hybridized carbons (Fsp3) is 0.632. The second-order valence-corrected chi connectivity index (χ2v) is 9.56. The van der Waals surface area contributed by atoms with Crippen molar-refractivity contribution in [3.05, 3.63) is 24.0 Å². The van der Waals surface area contributed by atoms with Crippen LogP contribution in [-0.2, 0) is 23.1 Å². The van der Waals surface area contributed by atoms with Crippen LogP contribution in [0.1, 0.15) is 44.9 Å². The van der Waals surface area contributed by atoms with E-state index in [1.165, 1.54) is 49.5 Å². The standard InChI is InChI=1S/C19H30N4O2S/c1-4-23-18-11-10-16(26(24,25)21(2)3)14-17(18)20-19(23)15-22-12-8-6-5-7-9-13-22/h10-11,14H,4-9,12-13,15H2,1-3H3/p+1. The monoisotopic (exact) mass is 379 g/mol. The van der Waals surface area contributed by atoms with E-state index in [9.17, 15) is 8.42 Å². The molecule has 1 aliphatic heterocycles. The molecule has 6 nitrogen and oxygen atoms in total. The zero-order chi connectivity index (χ0) is 18.7. The maximum Gasteiger partial charge on any atom is 0.242 e. The second kappa shape index (κ2) is 8.06. The summed E-state index contributed by atoms with van der Waals surface area (Å²) in [6.07, 6.45) is 6.60. The molecule has 0 bridgehead atoms. The van der Waals surface area contributed by atoms with E-state index in [1.54, 1.807) is 31.1 Å². The topological polar surface area (TPSA) is 59.6 Å². The molecule has 1 N–H and O–H groups in total. The molecular formula is C19H31N4O2S+. The highest BCUT2D eigenvalue weighted by Gasteiger charge is 2.21. The van der Waals surface area contributed by atoms with Crippen molar-refractivity contribution in [2.75, 3.05) is 27.2 Å². The Labute approximate surface area is 156 Å². The molecule has 1 fully saturated rings. The number of fused-ring (bicyclic) bond motifs is 1. The van der Waals surface area contributed by atoms with Gasteiger partial charge in [-0.15, -0.1) is 0 Å². The predicted molar refractivity (Wildman–Crippen MR) is 104 cm³/mol. The number of benzene rings is 1. The molecule has 1 saturated heterocycles. The number of aromatic nitrogens is 2. The molecule has 2 aromatic rings. The van der Waals surface area contributed by atoms with Gasteiger partial charge in [0.2, 0.25) is 10.0 Å². The smallest absolute Gasteiger partial charge is 0.242 e. The van der Waals surface area contributed by atoms with E-state index in [4.69, 9.17) is 4.98 Å². The summed E-state index contributed by atoms with van der Waals surface area (Å²) in [5.74, 6) is 1.07. The molecule has 1 aromatic carbocycles. The van der Waals surface area contributed by atoms with Gasteiger partial charge >= 0.3 is 0 Å². The van der Waals surface area contributed by atoms with E-state index in [1.807, 2.05) is 6.07 Å². The van der Waals surface area contributed by atoms with Crippen molar-refractivity contribution < 1.29 is 13.3 Å².